The van der Waals surface area contributed by atoms with Crippen molar-refractivity contribution in [2.45, 2.75) is 13.5 Å². The van der Waals surface area contributed by atoms with Crippen molar-refractivity contribution in [3.8, 4) is 23.1 Å². The number of carbonyl (C=O) groups excluding carboxylic acids is 1. The number of aryl methyl sites for hydroxylation is 1. The van der Waals surface area contributed by atoms with Gasteiger partial charge in [0.25, 0.3) is 0 Å². The second-order valence-corrected chi connectivity index (χ2v) is 6.12. The number of halogens is 1. The first-order valence-electron chi connectivity index (χ1n) is 8.26. The molecule has 2 N–H and O–H groups in total. The van der Waals surface area contributed by atoms with Crippen LogP contribution in [0.5, 0.6) is 5.75 Å². The Kier molecular flexibility index (Phi) is 5.15. The van der Waals surface area contributed by atoms with Crippen LogP contribution in [0, 0.1) is 11.3 Å². The lowest BCUT2D eigenvalue weighted by Gasteiger charge is -2.10. The average Bonchev–Trinajstić information content (AvgIpc) is 2.99. The van der Waals surface area contributed by atoms with Gasteiger partial charge in [-0.05, 0) is 36.8 Å². The van der Waals surface area contributed by atoms with Crippen molar-refractivity contribution >= 4 is 28.4 Å². The van der Waals surface area contributed by atoms with Gasteiger partial charge in [0.2, 0.25) is 5.91 Å². The van der Waals surface area contributed by atoms with Crippen LogP contribution in [-0.2, 0) is 6.54 Å². The number of fused-ring (bicyclic) bond motifs is 1. The van der Waals surface area contributed by atoms with Gasteiger partial charge in [-0.1, -0.05) is 12.1 Å². The Balaban J connectivity index is 2.20. The van der Waals surface area contributed by atoms with Crippen LogP contribution in [0.4, 0.5) is 0 Å². The quantitative estimate of drug-likeness (QED) is 0.670. The number of aromatic nitrogens is 1. The van der Waals surface area contributed by atoms with Crippen molar-refractivity contribution < 1.29 is 9.53 Å². The number of benzene rings is 2. The fourth-order valence-electron chi connectivity index (χ4n) is 3.11. The maximum atomic E-state index is 11.3. The minimum Gasteiger partial charge on any atom is -0.492 e. The van der Waals surface area contributed by atoms with Gasteiger partial charge in [-0.25, -0.2) is 0 Å². The highest BCUT2D eigenvalue weighted by Crippen LogP contribution is 2.35. The van der Waals surface area contributed by atoms with E-state index in [0.717, 1.165) is 22.2 Å². The Hall–Kier alpha value is -2.97. The van der Waals surface area contributed by atoms with E-state index in [1.807, 2.05) is 37.3 Å². The van der Waals surface area contributed by atoms with Crippen molar-refractivity contribution in [2.75, 3.05) is 12.5 Å². The molecule has 1 amide bonds. The molecule has 0 radical (unpaired) electrons. The molecule has 1 heterocycles. The number of amides is 1. The monoisotopic (exact) mass is 367 g/mol. The summed E-state index contributed by atoms with van der Waals surface area (Å²) in [7, 11) is 0. The first kappa shape index (κ1) is 17.8. The van der Waals surface area contributed by atoms with Crippen LogP contribution in [0.3, 0.4) is 0 Å². The Labute approximate surface area is 156 Å². The number of primary amides is 1. The third kappa shape index (κ3) is 3.12. The van der Waals surface area contributed by atoms with Crippen LogP contribution in [0.2, 0.25) is 0 Å². The molecule has 0 fully saturated rings. The number of nitrogens with zero attached hydrogens (tertiary/aromatic N) is 2. The zero-order valence-electron chi connectivity index (χ0n) is 14.3. The maximum absolute atomic E-state index is 11.3. The summed E-state index contributed by atoms with van der Waals surface area (Å²) in [4.78, 5) is 11.3. The lowest BCUT2D eigenvalue weighted by atomic mass is 10.0. The summed E-state index contributed by atoms with van der Waals surface area (Å²) in [6, 6.07) is 14.9. The molecule has 0 aliphatic rings. The van der Waals surface area contributed by atoms with Crippen molar-refractivity contribution in [1.29, 1.82) is 5.26 Å². The van der Waals surface area contributed by atoms with Crippen molar-refractivity contribution in [2.24, 2.45) is 5.73 Å². The van der Waals surface area contributed by atoms with E-state index in [9.17, 15) is 10.1 Å². The van der Waals surface area contributed by atoms with Gasteiger partial charge in [0.05, 0.1) is 22.7 Å². The highest BCUT2D eigenvalue weighted by Gasteiger charge is 2.18. The predicted octanol–water partition coefficient (Wildman–Crippen LogP) is 3.92. The lowest BCUT2D eigenvalue weighted by molar-refractivity contribution is 0.100. The minimum atomic E-state index is -0.478. The van der Waals surface area contributed by atoms with Crippen molar-refractivity contribution in [1.82, 2.24) is 4.57 Å². The van der Waals surface area contributed by atoms with Crippen molar-refractivity contribution in [3.05, 3.63) is 53.6 Å². The predicted molar refractivity (Wildman–Crippen MR) is 102 cm³/mol. The van der Waals surface area contributed by atoms with Gasteiger partial charge in [-0.2, -0.15) is 5.26 Å². The molecule has 5 nitrogen and oxygen atoms in total. The smallest absolute Gasteiger partial charge is 0.248 e. The summed E-state index contributed by atoms with van der Waals surface area (Å²) >= 11 is 5.69. The van der Waals surface area contributed by atoms with Gasteiger partial charge in [-0.15, -0.1) is 11.6 Å². The first-order valence-corrected chi connectivity index (χ1v) is 8.79. The van der Waals surface area contributed by atoms with Crippen LogP contribution in [0.25, 0.3) is 22.2 Å². The van der Waals surface area contributed by atoms with Gasteiger partial charge in [-0.3, -0.25) is 4.79 Å². The van der Waals surface area contributed by atoms with Gasteiger partial charge in [0.15, 0.2) is 0 Å². The van der Waals surface area contributed by atoms with Crippen LogP contribution in [-0.4, -0.2) is 23.0 Å². The molecule has 0 aliphatic heterocycles. The van der Waals surface area contributed by atoms with E-state index in [4.69, 9.17) is 22.1 Å². The highest BCUT2D eigenvalue weighted by molar-refractivity contribution is 6.18. The van der Waals surface area contributed by atoms with E-state index >= 15 is 0 Å². The van der Waals surface area contributed by atoms with E-state index in [1.165, 1.54) is 0 Å². The minimum absolute atomic E-state index is 0.410. The van der Waals surface area contributed by atoms with E-state index in [0.29, 0.717) is 35.9 Å². The Bertz CT molecular complexity index is 1000. The average molecular weight is 368 g/mol. The number of nitriles is 1. The Morgan fingerprint density at radius 1 is 1.27 bits per heavy atom. The fraction of sp³-hybridized carbons (Fsp3) is 0.200. The van der Waals surface area contributed by atoms with Gasteiger partial charge in [0, 0.05) is 23.6 Å². The Morgan fingerprint density at radius 3 is 2.58 bits per heavy atom. The normalized spacial score (nSPS) is 10.7. The number of alkyl halides is 1. The largest absolute Gasteiger partial charge is 0.492 e. The third-order valence-corrected chi connectivity index (χ3v) is 4.41. The van der Waals surface area contributed by atoms with Gasteiger partial charge < -0.3 is 15.0 Å². The van der Waals surface area contributed by atoms with Gasteiger partial charge in [0.1, 0.15) is 18.4 Å². The molecule has 0 saturated carbocycles. The second kappa shape index (κ2) is 7.51. The number of nitrogens with two attached hydrogens (primary N) is 1. The van der Waals surface area contributed by atoms with Crippen LogP contribution < -0.4 is 10.5 Å². The molecular formula is C20H18ClN3O2. The number of rotatable bonds is 6. The number of ether oxygens (including phenoxy) is 1. The topological polar surface area (TPSA) is 81.0 Å². The van der Waals surface area contributed by atoms with E-state index in [-0.39, 0.29) is 0 Å². The highest BCUT2D eigenvalue weighted by atomic mass is 35.5. The molecule has 0 bridgehead atoms. The molecule has 2 aromatic carbocycles. The van der Waals surface area contributed by atoms with Crippen LogP contribution in [0.1, 0.15) is 22.8 Å². The summed E-state index contributed by atoms with van der Waals surface area (Å²) in [6.07, 6.45) is 0. The molecule has 0 atom stereocenters. The summed E-state index contributed by atoms with van der Waals surface area (Å²) < 4.78 is 7.68. The molecular weight excluding hydrogens is 350 g/mol. The molecule has 0 aliphatic carbocycles. The fourth-order valence-corrected chi connectivity index (χ4v) is 3.19. The molecule has 0 saturated heterocycles. The molecule has 6 heteroatoms. The molecule has 3 aromatic rings. The second-order valence-electron chi connectivity index (χ2n) is 5.74. The van der Waals surface area contributed by atoms with E-state index < -0.39 is 5.91 Å². The summed E-state index contributed by atoms with van der Waals surface area (Å²) in [6.45, 7) is 3.13. The summed E-state index contributed by atoms with van der Waals surface area (Å²) in [5.74, 6) is 0.646. The van der Waals surface area contributed by atoms with E-state index in [2.05, 4.69) is 10.6 Å². The van der Waals surface area contributed by atoms with Crippen molar-refractivity contribution in [3.63, 3.8) is 0 Å². The first-order chi connectivity index (χ1) is 12.6. The molecule has 1 aromatic heterocycles. The van der Waals surface area contributed by atoms with E-state index in [1.54, 1.807) is 12.1 Å². The van der Waals surface area contributed by atoms with Crippen LogP contribution in [0.15, 0.2) is 42.5 Å². The molecule has 3 rings (SSSR count). The molecule has 0 unspecified atom stereocenters. The lowest BCUT2D eigenvalue weighted by Crippen LogP contribution is -2.10. The number of carbonyl (C=O) groups is 1. The van der Waals surface area contributed by atoms with Gasteiger partial charge >= 0.3 is 0 Å². The SMILES string of the molecule is CCn1c(-c2ccc(C(N)=O)cc2)c(C#N)c2ccc(OCCCl)cc21. The number of hydrogen-bond donors (Lipinski definition) is 1. The maximum Gasteiger partial charge on any atom is 0.248 e. The standard InChI is InChI=1S/C20H18ClN3O2/c1-2-24-18-11-15(26-10-9-21)7-8-16(18)17(12-22)19(24)13-3-5-14(6-4-13)20(23)25/h3-8,11H,2,9-10H2,1H3,(H2,23,25). The zero-order chi connectivity index (χ0) is 18.7. The summed E-state index contributed by atoms with van der Waals surface area (Å²) in [5, 5.41) is 10.6. The Morgan fingerprint density at radius 2 is 2.00 bits per heavy atom. The molecule has 132 valence electrons. The van der Waals surface area contributed by atoms with Crippen LogP contribution >= 0.6 is 11.6 Å². The number of hydrogen-bond acceptors (Lipinski definition) is 3. The molecule has 0 spiro atoms. The summed E-state index contributed by atoms with van der Waals surface area (Å²) in [5.41, 5.74) is 8.93. The zero-order valence-corrected chi connectivity index (χ0v) is 15.1. The molecule has 26 heavy (non-hydrogen) atoms. The third-order valence-electron chi connectivity index (χ3n) is 4.25.